The third kappa shape index (κ3) is 6.68. The number of aliphatic hydroxyl groups excluding tert-OH is 1. The Balaban J connectivity index is 3.43. The number of unbranched alkanes of at least 4 members (excludes halogenated alkanes) is 1. The van der Waals surface area contributed by atoms with Gasteiger partial charge < -0.3 is 10.4 Å². The first-order valence-corrected chi connectivity index (χ1v) is 6.50. The van der Waals surface area contributed by atoms with Crippen LogP contribution in [0.5, 0.6) is 0 Å². The number of hydrogen-bond acceptors (Lipinski definition) is 3. The minimum absolute atomic E-state index is 0.0809. The highest BCUT2D eigenvalue weighted by atomic mass is 32.2. The Morgan fingerprint density at radius 3 is 2.43 bits per heavy atom. The van der Waals surface area contributed by atoms with Gasteiger partial charge in [-0.05, 0) is 37.8 Å². The van der Waals surface area contributed by atoms with Crippen LogP contribution in [0.15, 0.2) is 0 Å². The maximum atomic E-state index is 9.16. The number of rotatable bonds is 8. The molecule has 0 radical (unpaired) electrons. The zero-order valence-electron chi connectivity index (χ0n) is 9.97. The highest BCUT2D eigenvalue weighted by molar-refractivity contribution is 7.99. The predicted molar refractivity (Wildman–Crippen MR) is 66.0 cm³/mol. The molecule has 86 valence electrons. The molecule has 0 saturated heterocycles. The third-order valence-corrected chi connectivity index (χ3v) is 3.72. The molecule has 2 nitrogen and oxygen atoms in total. The summed E-state index contributed by atoms with van der Waals surface area (Å²) in [6.45, 7) is 6.76. The van der Waals surface area contributed by atoms with E-state index in [2.05, 4.69) is 26.1 Å². The smallest absolute Gasteiger partial charge is 0.0610 e. The van der Waals surface area contributed by atoms with Gasteiger partial charge >= 0.3 is 0 Å². The standard InChI is InChI=1S/C11H25NOS/c1-10(2)14-8-6-5-7-11(3,9-13)12-4/h10,12-13H,5-9H2,1-4H3. The largest absolute Gasteiger partial charge is 0.394 e. The van der Waals surface area contributed by atoms with Gasteiger partial charge in [0.1, 0.15) is 0 Å². The molecule has 0 aromatic rings. The number of aliphatic hydroxyl groups is 1. The van der Waals surface area contributed by atoms with E-state index in [1.54, 1.807) is 0 Å². The quantitative estimate of drug-likeness (QED) is 0.614. The monoisotopic (exact) mass is 219 g/mol. The summed E-state index contributed by atoms with van der Waals surface area (Å²) in [5.74, 6) is 1.24. The van der Waals surface area contributed by atoms with Crippen molar-refractivity contribution in [1.29, 1.82) is 0 Å². The average molecular weight is 219 g/mol. The first-order valence-electron chi connectivity index (χ1n) is 5.45. The predicted octanol–water partition coefficient (Wildman–Crippen LogP) is 2.27. The number of hydrogen-bond donors (Lipinski definition) is 2. The van der Waals surface area contributed by atoms with Crippen LogP contribution in [0.2, 0.25) is 0 Å². The summed E-state index contributed by atoms with van der Waals surface area (Å²) < 4.78 is 0. The highest BCUT2D eigenvalue weighted by Crippen LogP contribution is 2.16. The van der Waals surface area contributed by atoms with Gasteiger partial charge in [0.2, 0.25) is 0 Å². The van der Waals surface area contributed by atoms with E-state index in [1.165, 1.54) is 18.6 Å². The van der Waals surface area contributed by atoms with Crippen LogP contribution >= 0.6 is 11.8 Å². The molecule has 14 heavy (non-hydrogen) atoms. The molecule has 0 heterocycles. The van der Waals surface area contributed by atoms with Gasteiger partial charge in [-0.2, -0.15) is 11.8 Å². The van der Waals surface area contributed by atoms with E-state index in [4.69, 9.17) is 5.11 Å². The van der Waals surface area contributed by atoms with E-state index in [9.17, 15) is 0 Å². The van der Waals surface area contributed by atoms with Crippen molar-refractivity contribution in [1.82, 2.24) is 5.32 Å². The van der Waals surface area contributed by atoms with Gasteiger partial charge in [0.05, 0.1) is 6.61 Å². The van der Waals surface area contributed by atoms with Gasteiger partial charge in [-0.25, -0.2) is 0 Å². The topological polar surface area (TPSA) is 32.3 Å². The lowest BCUT2D eigenvalue weighted by molar-refractivity contribution is 0.171. The Morgan fingerprint density at radius 2 is 2.00 bits per heavy atom. The Kier molecular flexibility index (Phi) is 7.69. The Labute approximate surface area is 92.9 Å². The van der Waals surface area contributed by atoms with Crippen LogP contribution in [0.1, 0.15) is 40.0 Å². The maximum Gasteiger partial charge on any atom is 0.0610 e. The fourth-order valence-corrected chi connectivity index (χ4v) is 2.06. The van der Waals surface area contributed by atoms with E-state index in [0.29, 0.717) is 0 Å². The molecule has 0 aromatic heterocycles. The van der Waals surface area contributed by atoms with Crippen molar-refractivity contribution < 1.29 is 5.11 Å². The van der Waals surface area contributed by atoms with Crippen molar-refractivity contribution in [2.45, 2.75) is 50.8 Å². The van der Waals surface area contributed by atoms with Crippen LogP contribution in [-0.4, -0.2) is 35.3 Å². The summed E-state index contributed by atoms with van der Waals surface area (Å²) in [6, 6.07) is 0. The van der Waals surface area contributed by atoms with E-state index in [1.807, 2.05) is 18.8 Å². The highest BCUT2D eigenvalue weighted by Gasteiger charge is 2.19. The Morgan fingerprint density at radius 1 is 1.36 bits per heavy atom. The molecular formula is C11H25NOS. The van der Waals surface area contributed by atoms with Gasteiger partial charge in [-0.1, -0.05) is 20.3 Å². The Hall–Kier alpha value is 0.270. The summed E-state index contributed by atoms with van der Waals surface area (Å²) in [6.07, 6.45) is 3.50. The second-order valence-corrected chi connectivity index (χ2v) is 6.03. The van der Waals surface area contributed by atoms with Crippen LogP contribution < -0.4 is 5.32 Å². The molecule has 3 heteroatoms. The van der Waals surface area contributed by atoms with Crippen molar-refractivity contribution >= 4 is 11.8 Å². The van der Waals surface area contributed by atoms with Crippen molar-refractivity contribution in [3.63, 3.8) is 0 Å². The van der Waals surface area contributed by atoms with E-state index < -0.39 is 0 Å². The molecule has 0 spiro atoms. The normalized spacial score (nSPS) is 15.9. The first-order chi connectivity index (χ1) is 6.54. The maximum absolute atomic E-state index is 9.16. The van der Waals surface area contributed by atoms with E-state index in [0.717, 1.165) is 11.7 Å². The lowest BCUT2D eigenvalue weighted by Gasteiger charge is -2.26. The van der Waals surface area contributed by atoms with Gasteiger partial charge in [0, 0.05) is 5.54 Å². The summed E-state index contributed by atoms with van der Waals surface area (Å²) in [5.41, 5.74) is -0.0809. The van der Waals surface area contributed by atoms with Gasteiger partial charge in [0.15, 0.2) is 0 Å². The van der Waals surface area contributed by atoms with Crippen LogP contribution in [0.25, 0.3) is 0 Å². The molecular weight excluding hydrogens is 194 g/mol. The first kappa shape index (κ1) is 14.3. The average Bonchev–Trinajstić information content (AvgIpc) is 2.16. The van der Waals surface area contributed by atoms with Gasteiger partial charge in [-0.15, -0.1) is 0 Å². The molecule has 0 aliphatic heterocycles. The molecule has 0 saturated carbocycles. The third-order valence-electron chi connectivity index (χ3n) is 2.53. The summed E-state index contributed by atoms with van der Waals surface area (Å²) >= 11 is 2.01. The van der Waals surface area contributed by atoms with Crippen LogP contribution in [0.3, 0.4) is 0 Å². The molecule has 0 bridgehead atoms. The molecule has 0 fully saturated rings. The molecule has 0 amide bonds. The van der Waals surface area contributed by atoms with Crippen molar-refractivity contribution in [3.05, 3.63) is 0 Å². The van der Waals surface area contributed by atoms with Crippen molar-refractivity contribution in [2.24, 2.45) is 0 Å². The summed E-state index contributed by atoms with van der Waals surface area (Å²) in [4.78, 5) is 0. The van der Waals surface area contributed by atoms with Gasteiger partial charge in [0.25, 0.3) is 0 Å². The number of nitrogens with one attached hydrogen (secondary N) is 1. The summed E-state index contributed by atoms with van der Waals surface area (Å²) in [7, 11) is 1.92. The van der Waals surface area contributed by atoms with Crippen LogP contribution in [0.4, 0.5) is 0 Å². The molecule has 0 rings (SSSR count). The molecule has 1 unspecified atom stereocenters. The lowest BCUT2D eigenvalue weighted by Crippen LogP contribution is -2.43. The Bertz CT molecular complexity index is 135. The molecule has 0 aliphatic carbocycles. The lowest BCUT2D eigenvalue weighted by atomic mass is 9.96. The number of thioether (sulfide) groups is 1. The minimum Gasteiger partial charge on any atom is -0.394 e. The van der Waals surface area contributed by atoms with Gasteiger partial charge in [-0.3, -0.25) is 0 Å². The molecule has 0 aliphatic rings. The number of likely N-dealkylation sites (N-methyl/N-ethyl adjacent to an activating group) is 1. The second kappa shape index (κ2) is 7.55. The fraction of sp³-hybridized carbons (Fsp3) is 1.00. The van der Waals surface area contributed by atoms with E-state index in [-0.39, 0.29) is 12.1 Å². The zero-order chi connectivity index (χ0) is 11.0. The molecule has 1 atom stereocenters. The van der Waals surface area contributed by atoms with Crippen molar-refractivity contribution in [2.75, 3.05) is 19.4 Å². The SMILES string of the molecule is CNC(C)(CO)CCCCSC(C)C. The zero-order valence-corrected chi connectivity index (χ0v) is 10.8. The van der Waals surface area contributed by atoms with Crippen LogP contribution in [-0.2, 0) is 0 Å². The molecule has 0 aromatic carbocycles. The fourth-order valence-electron chi connectivity index (χ4n) is 1.22. The molecule has 2 N–H and O–H groups in total. The second-order valence-electron chi connectivity index (χ2n) is 4.35. The summed E-state index contributed by atoms with van der Waals surface area (Å²) in [5, 5.41) is 13.1. The van der Waals surface area contributed by atoms with E-state index >= 15 is 0 Å². The minimum atomic E-state index is -0.0809. The van der Waals surface area contributed by atoms with Crippen LogP contribution in [0, 0.1) is 0 Å². The van der Waals surface area contributed by atoms with Crippen molar-refractivity contribution in [3.8, 4) is 0 Å².